The fraction of sp³-hybridized carbons (Fsp3) is 0.123. The van der Waals surface area contributed by atoms with Crippen LogP contribution < -0.4 is 69.9 Å². The van der Waals surface area contributed by atoms with Crippen molar-refractivity contribution in [2.75, 3.05) is 0 Å². The number of tetrazole rings is 2. The van der Waals surface area contributed by atoms with E-state index in [1.54, 1.807) is 4.80 Å². The van der Waals surface area contributed by atoms with E-state index in [0.29, 0.717) is 59.7 Å². The number of aliphatic hydroxyl groups excluding tert-OH is 2. The molecule has 21 heteroatoms. The summed E-state index contributed by atoms with van der Waals surface area (Å²) >= 11 is 17.6. The van der Waals surface area contributed by atoms with Crippen molar-refractivity contribution in [2.24, 2.45) is 0 Å². The van der Waals surface area contributed by atoms with E-state index in [9.17, 15) is 10.2 Å². The standard InChI is InChI=1S/C38H31ClN6O.C19H16ClN6O.I3.HI.K/c1-27-40-36(39)35(26-46)44(27)25-28-21-23-29(24-22-28)33-19-11-12-20-34(33)37-41-43-45(42-37)38(30-13-5-2-6-14-30,31-15-7-3-8-16-31)32-17-9-4-10-18-32;1-12-21-18(20)17(11-27)26(12)10-13-6-8-14(9-7-13)15-4-2-3-5-16(15)19-22-24-25-23-19;1-3-2;;/h2-24,46H,25-26H2,1H3;2-9,27H,10-11H2,1H3;;1H;/q;2*-1;;+1. The van der Waals surface area contributed by atoms with Gasteiger partial charge in [0, 0.05) is 24.2 Å². The molecule has 0 amide bonds. The fourth-order valence-corrected chi connectivity index (χ4v) is 9.84. The number of halogens is 6. The van der Waals surface area contributed by atoms with Gasteiger partial charge in [0.2, 0.25) is 5.82 Å². The van der Waals surface area contributed by atoms with E-state index in [2.05, 4.69) is 140 Å². The van der Waals surface area contributed by atoms with Crippen molar-refractivity contribution in [1.29, 1.82) is 0 Å². The average Bonchev–Trinajstić information content (AvgIpc) is 4.35. The van der Waals surface area contributed by atoms with E-state index in [1.807, 2.05) is 144 Å². The second-order valence-corrected chi connectivity index (χ2v) is 34.2. The van der Waals surface area contributed by atoms with Crippen LogP contribution in [0.25, 0.3) is 45.0 Å². The Hall–Kier alpha value is -3.84. The second-order valence-electron chi connectivity index (χ2n) is 17.2. The Labute approximate surface area is 551 Å². The van der Waals surface area contributed by atoms with Gasteiger partial charge in [-0.2, -0.15) is 0 Å². The third-order valence-corrected chi connectivity index (χ3v) is 13.5. The van der Waals surface area contributed by atoms with Crippen molar-refractivity contribution in [2.45, 2.75) is 45.7 Å². The molecule has 4 aromatic heterocycles. The fourth-order valence-electron chi connectivity index (χ4n) is 9.27. The van der Waals surface area contributed by atoms with E-state index in [-0.39, 0.29) is 88.6 Å². The molecule has 0 radical (unpaired) electrons. The summed E-state index contributed by atoms with van der Waals surface area (Å²) in [6.45, 7) is 4.59. The Morgan fingerprint density at radius 1 is 0.526 bits per heavy atom. The van der Waals surface area contributed by atoms with Crippen molar-refractivity contribution >= 4 is 84.4 Å². The average molecular weight is 1550 g/mol. The zero-order valence-electron chi connectivity index (χ0n) is 42.3. The van der Waals surface area contributed by atoms with Gasteiger partial charge in [-0.25, -0.2) is 15.1 Å². The SMILES string of the molecule is Cc1nc(Cl)c(CO)n1Cc1ccc(-c2ccccc2-c2nn[n-]n2)cc1.Cc1nc(Cl)c(CO)n1Cc1ccc(-c2ccccc2-c2nnn(C(c3ccccc3)(c3ccccc3)c3ccccc3)n2)cc1.I.I[I-]I.[K+]. The summed E-state index contributed by atoms with van der Waals surface area (Å²) in [7, 11) is 0. The molecule has 0 bridgehead atoms. The van der Waals surface area contributed by atoms with Crippen LogP contribution in [0.1, 0.15) is 50.9 Å². The molecule has 11 rings (SSSR count). The zero-order chi connectivity index (χ0) is 53.0. The Morgan fingerprint density at radius 2 is 0.897 bits per heavy atom. The molecule has 11 aromatic rings. The van der Waals surface area contributed by atoms with Crippen LogP contribution in [0.4, 0.5) is 0 Å². The molecule has 78 heavy (non-hydrogen) atoms. The van der Waals surface area contributed by atoms with E-state index < -0.39 is 5.54 Å². The summed E-state index contributed by atoms with van der Waals surface area (Å²) in [5.41, 5.74) is 11.4. The summed E-state index contributed by atoms with van der Waals surface area (Å²) in [5, 5.41) is 49.6. The normalized spacial score (nSPS) is 10.9. The number of imidazole rings is 2. The molecular weight excluding hydrogens is 1500 g/mol. The monoisotopic (exact) mass is 1550 g/mol. The van der Waals surface area contributed by atoms with Gasteiger partial charge in [0.1, 0.15) is 11.6 Å². The van der Waals surface area contributed by atoms with Gasteiger partial charge in [-0.15, -0.1) is 39.0 Å². The molecule has 0 aliphatic rings. The first-order chi connectivity index (χ1) is 37.2. The molecular formula is C57H48Cl2I4KN12O2-. The van der Waals surface area contributed by atoms with Gasteiger partial charge in [-0.05, 0) is 69.1 Å². The summed E-state index contributed by atoms with van der Waals surface area (Å²) in [4.78, 5) is 10.3. The number of aliphatic hydroxyl groups is 2. The third-order valence-electron chi connectivity index (χ3n) is 12.9. The largest absolute Gasteiger partial charge is 1.00 e. The predicted molar refractivity (Wildman–Crippen MR) is 325 cm³/mol. The molecule has 14 nitrogen and oxygen atoms in total. The van der Waals surface area contributed by atoms with Gasteiger partial charge < -0.3 is 24.4 Å². The van der Waals surface area contributed by atoms with Gasteiger partial charge in [0.15, 0.2) is 15.8 Å². The number of hydrogen-bond acceptors (Lipinski definition) is 10. The van der Waals surface area contributed by atoms with Crippen molar-refractivity contribution in [3.63, 3.8) is 0 Å². The first-order valence-corrected chi connectivity index (χ1v) is 37.1. The van der Waals surface area contributed by atoms with Crippen molar-refractivity contribution in [3.05, 3.63) is 249 Å². The maximum Gasteiger partial charge on any atom is 1.00 e. The number of rotatable bonds is 14. The number of hydrogen-bond donors (Lipinski definition) is 2. The van der Waals surface area contributed by atoms with Crippen LogP contribution in [0.15, 0.2) is 188 Å². The molecule has 2 N–H and O–H groups in total. The van der Waals surface area contributed by atoms with Gasteiger partial charge in [0.25, 0.3) is 0 Å². The maximum atomic E-state index is 9.80. The molecule has 0 aliphatic carbocycles. The molecule has 0 unspecified atom stereocenters. The quantitative estimate of drug-likeness (QED) is 0.0666. The first kappa shape index (κ1) is 61.8. The van der Waals surface area contributed by atoms with E-state index in [4.69, 9.17) is 33.5 Å². The van der Waals surface area contributed by atoms with Crippen LogP contribution in [0, 0.1) is 13.8 Å². The van der Waals surface area contributed by atoms with Gasteiger partial charge in [-0.3, -0.25) is 10.4 Å². The molecule has 0 saturated heterocycles. The molecule has 7 aromatic carbocycles. The topological polar surface area (TPSA) is 172 Å². The van der Waals surface area contributed by atoms with Gasteiger partial charge in [0.05, 0.1) is 30.4 Å². The minimum Gasteiger partial charge on any atom is 1.00 e. The third kappa shape index (κ3) is 13.9. The Bertz CT molecular complexity index is 3540. The van der Waals surface area contributed by atoms with Crippen molar-refractivity contribution < 1.29 is 74.9 Å². The van der Waals surface area contributed by atoms with Crippen LogP contribution in [-0.2, 0) is 31.8 Å². The molecule has 392 valence electrons. The Kier molecular flexibility index (Phi) is 23.6. The molecule has 0 aliphatic heterocycles. The zero-order valence-corrected chi connectivity index (χ0v) is 55.7. The predicted octanol–water partition coefficient (Wildman–Crippen LogP) is 6.81. The summed E-state index contributed by atoms with van der Waals surface area (Å²) in [5.74, 6) is 2.57. The number of aromatic nitrogens is 12. The smallest absolute Gasteiger partial charge is 1.00 e. The van der Waals surface area contributed by atoms with Crippen LogP contribution in [0.3, 0.4) is 0 Å². The second kappa shape index (κ2) is 29.7. The minimum absolute atomic E-state index is 0. The Balaban J connectivity index is 0.000000235. The van der Waals surface area contributed by atoms with Crippen molar-refractivity contribution in [1.82, 2.24) is 59.9 Å². The number of nitrogens with zero attached hydrogens (tertiary/aromatic N) is 12. The number of benzene rings is 7. The first-order valence-electron chi connectivity index (χ1n) is 23.7. The van der Waals surface area contributed by atoms with Crippen LogP contribution in [-0.4, -0.2) is 64.9 Å². The molecule has 4 heterocycles. The maximum absolute atomic E-state index is 9.80. The molecule has 0 spiro atoms. The van der Waals surface area contributed by atoms with Crippen molar-refractivity contribution in [3.8, 4) is 45.0 Å². The molecule has 0 saturated carbocycles. The van der Waals surface area contributed by atoms with Gasteiger partial charge >= 0.3 is 102 Å². The summed E-state index contributed by atoms with van der Waals surface area (Å²) in [6.07, 6.45) is 0. The van der Waals surface area contributed by atoms with Crippen LogP contribution >= 0.6 is 84.4 Å². The van der Waals surface area contributed by atoms with E-state index in [1.165, 1.54) is 0 Å². The van der Waals surface area contributed by atoms with Crippen LogP contribution in [0.5, 0.6) is 0 Å². The van der Waals surface area contributed by atoms with Crippen LogP contribution in [0.2, 0.25) is 10.3 Å². The molecule has 0 atom stereocenters. The van der Waals surface area contributed by atoms with E-state index in [0.717, 1.165) is 72.8 Å². The summed E-state index contributed by atoms with van der Waals surface area (Å²) in [6, 6.07) is 63.5. The molecule has 0 fully saturated rings. The Morgan fingerprint density at radius 3 is 1.27 bits per heavy atom. The minimum atomic E-state index is -0.854. The van der Waals surface area contributed by atoms with E-state index >= 15 is 0 Å². The summed E-state index contributed by atoms with van der Waals surface area (Å²) < 4.78 is 3.85. The van der Waals surface area contributed by atoms with Gasteiger partial charge in [-0.1, -0.05) is 211 Å². The number of aryl methyl sites for hydroxylation is 2.